The summed E-state index contributed by atoms with van der Waals surface area (Å²) in [5, 5.41) is 0. The first-order valence-corrected chi connectivity index (χ1v) is 0. The van der Waals surface area contributed by atoms with Crippen LogP contribution in [-0.4, -0.2) is 0 Å². The third-order valence-electron chi connectivity index (χ3n) is 0. The van der Waals surface area contributed by atoms with Gasteiger partial charge in [0.2, 0.25) is 0 Å². The molecule has 0 N–H and O–H groups in total. The van der Waals surface area contributed by atoms with Crippen LogP contribution in [0, 0.1) is 7.43 Å². The van der Waals surface area contributed by atoms with Crippen LogP contribution in [0.2, 0.25) is 0 Å². The molecule has 0 aliphatic carbocycles. The van der Waals surface area contributed by atoms with E-state index in [4.69, 9.17) is 0 Å². The van der Waals surface area contributed by atoms with Gasteiger partial charge < -0.3 is 7.43 Å². The Morgan fingerprint density at radius 2 is 0.400 bits per heavy atom. The molecule has 0 unspecified atom stereocenters. The van der Waals surface area contributed by atoms with Crippen molar-refractivity contribution in [3.8, 4) is 0 Å². The molecule has 0 atom stereocenters. The molecule has 0 aromatic heterocycles. The number of hydrogen-bond acceptors (Lipinski definition) is 0. The summed E-state index contributed by atoms with van der Waals surface area (Å²) < 4.78 is 0. The molecule has 0 fully saturated rings. The predicted octanol–water partition coefficient (Wildman–Crippen LogP) is -11.5. The standard InChI is InChI=1S/CH3.4K/h1H3;;;;/q-1;4*+1. The fourth-order valence-corrected chi connectivity index (χ4v) is 0. The van der Waals surface area contributed by atoms with Gasteiger partial charge in [0.15, 0.2) is 0 Å². The summed E-state index contributed by atoms with van der Waals surface area (Å²) >= 11 is 0. The first-order valence-electron chi connectivity index (χ1n) is 0. The van der Waals surface area contributed by atoms with E-state index in [1.165, 1.54) is 0 Å². The summed E-state index contributed by atoms with van der Waals surface area (Å²) in [6.07, 6.45) is 0. The molecule has 0 aromatic rings. The quantitative estimate of drug-likeness (QED) is 0.251. The summed E-state index contributed by atoms with van der Waals surface area (Å²) in [7, 11) is 0. The number of rotatable bonds is 0. The molecule has 0 rings (SSSR count). The van der Waals surface area contributed by atoms with Gasteiger partial charge in [0.05, 0.1) is 0 Å². The molecule has 0 aliphatic rings. The third kappa shape index (κ3) is 18.0. The van der Waals surface area contributed by atoms with E-state index >= 15 is 0 Å². The van der Waals surface area contributed by atoms with Crippen LogP contribution in [-0.2, 0) is 0 Å². The maximum Gasteiger partial charge on any atom is 1.00 e. The van der Waals surface area contributed by atoms with Crippen molar-refractivity contribution in [2.75, 3.05) is 0 Å². The van der Waals surface area contributed by atoms with Crippen LogP contribution >= 0.6 is 0 Å². The summed E-state index contributed by atoms with van der Waals surface area (Å²) in [6, 6.07) is 0. The van der Waals surface area contributed by atoms with Crippen molar-refractivity contribution in [2.45, 2.75) is 0 Å². The molecule has 0 saturated carbocycles. The zero-order chi connectivity index (χ0) is 0. The summed E-state index contributed by atoms with van der Waals surface area (Å²) in [6.45, 7) is 0. The average molecular weight is 171 g/mol. The van der Waals surface area contributed by atoms with Gasteiger partial charge in [0.25, 0.3) is 0 Å². The molecule has 0 nitrogen and oxygen atoms in total. The van der Waals surface area contributed by atoms with Crippen molar-refractivity contribution in [2.24, 2.45) is 0 Å². The van der Waals surface area contributed by atoms with Gasteiger partial charge in [-0.2, -0.15) is 0 Å². The third-order valence-corrected chi connectivity index (χ3v) is 0. The van der Waals surface area contributed by atoms with Crippen LogP contribution in [0.5, 0.6) is 0 Å². The van der Waals surface area contributed by atoms with Crippen LogP contribution in [0.3, 0.4) is 0 Å². The minimum absolute atomic E-state index is 0. The van der Waals surface area contributed by atoms with E-state index in [2.05, 4.69) is 0 Å². The van der Waals surface area contributed by atoms with E-state index in [0.717, 1.165) is 0 Å². The van der Waals surface area contributed by atoms with Crippen molar-refractivity contribution in [3.05, 3.63) is 7.43 Å². The molecule has 0 saturated heterocycles. The van der Waals surface area contributed by atoms with Crippen LogP contribution in [0.15, 0.2) is 0 Å². The van der Waals surface area contributed by atoms with Gasteiger partial charge in [0.1, 0.15) is 0 Å². The van der Waals surface area contributed by atoms with E-state index in [0.29, 0.717) is 0 Å². The van der Waals surface area contributed by atoms with Gasteiger partial charge in [-0.15, -0.1) is 0 Å². The molecule has 0 aromatic carbocycles. The van der Waals surface area contributed by atoms with E-state index in [1.54, 1.807) is 0 Å². The molecule has 8 valence electrons. The minimum Gasteiger partial charge on any atom is -0.358 e. The van der Waals surface area contributed by atoms with Crippen LogP contribution < -0.4 is 206 Å². The van der Waals surface area contributed by atoms with E-state index in [9.17, 15) is 0 Å². The average Bonchev–Trinajstić information content (AvgIpc) is 0. The van der Waals surface area contributed by atoms with E-state index in [1.807, 2.05) is 0 Å². The fourth-order valence-electron chi connectivity index (χ4n) is 0. The Balaban J connectivity index is 0. The molecular formula is CH3K4+3. The Kier molecular flexibility index (Phi) is 134. The summed E-state index contributed by atoms with van der Waals surface area (Å²) in [5.74, 6) is 0. The molecule has 0 radical (unpaired) electrons. The number of hydrogen-bond donors (Lipinski definition) is 0. The maximum absolute atomic E-state index is 0. The predicted molar refractivity (Wildman–Crippen MR) is 6.41 cm³/mol. The Labute approximate surface area is 204 Å². The van der Waals surface area contributed by atoms with Crippen molar-refractivity contribution < 1.29 is 206 Å². The Morgan fingerprint density at radius 3 is 0.400 bits per heavy atom. The van der Waals surface area contributed by atoms with Crippen molar-refractivity contribution in [1.29, 1.82) is 0 Å². The molecule has 0 amide bonds. The van der Waals surface area contributed by atoms with E-state index < -0.39 is 0 Å². The fraction of sp³-hybridized carbons (Fsp3) is 0. The van der Waals surface area contributed by atoms with Crippen LogP contribution in [0.1, 0.15) is 0 Å². The van der Waals surface area contributed by atoms with Crippen LogP contribution in [0.25, 0.3) is 0 Å². The van der Waals surface area contributed by atoms with Gasteiger partial charge >= 0.3 is 206 Å². The largest absolute Gasteiger partial charge is 1.00 e. The molecule has 0 bridgehead atoms. The van der Waals surface area contributed by atoms with Gasteiger partial charge in [0, 0.05) is 0 Å². The topological polar surface area (TPSA) is 0 Å². The van der Waals surface area contributed by atoms with Gasteiger partial charge in [-0.25, -0.2) is 0 Å². The zero-order valence-corrected chi connectivity index (χ0v) is 17.5. The minimum atomic E-state index is 0. The second-order valence-electron chi connectivity index (χ2n) is 0. The van der Waals surface area contributed by atoms with Gasteiger partial charge in [-0.3, -0.25) is 0 Å². The summed E-state index contributed by atoms with van der Waals surface area (Å²) in [5.41, 5.74) is 0. The van der Waals surface area contributed by atoms with Crippen molar-refractivity contribution >= 4 is 0 Å². The Bertz CT molecular complexity index is 3.61. The molecular weight excluding hydrogens is 168 g/mol. The van der Waals surface area contributed by atoms with Crippen molar-refractivity contribution in [3.63, 3.8) is 0 Å². The molecule has 0 heterocycles. The summed E-state index contributed by atoms with van der Waals surface area (Å²) in [4.78, 5) is 0. The Morgan fingerprint density at radius 1 is 0.400 bits per heavy atom. The molecule has 0 spiro atoms. The van der Waals surface area contributed by atoms with Gasteiger partial charge in [-0.1, -0.05) is 0 Å². The first-order chi connectivity index (χ1) is 0. The maximum atomic E-state index is 0. The molecule has 5 heavy (non-hydrogen) atoms. The zero-order valence-electron chi connectivity index (χ0n) is 5.00. The van der Waals surface area contributed by atoms with Crippen molar-refractivity contribution in [1.82, 2.24) is 0 Å². The van der Waals surface area contributed by atoms with E-state index in [-0.39, 0.29) is 213 Å². The molecule has 0 aliphatic heterocycles. The monoisotopic (exact) mass is 171 g/mol. The first kappa shape index (κ1) is 30.0. The Hall–Kier alpha value is 6.55. The second kappa shape index (κ2) is 22.4. The smallest absolute Gasteiger partial charge is 0.358 e. The SMILES string of the molecule is [CH3-].[K+].[K+].[K+].[K+]. The molecule has 4 heteroatoms. The normalized spacial score (nSPS) is 0. The van der Waals surface area contributed by atoms with Crippen LogP contribution in [0.4, 0.5) is 0 Å². The second-order valence-corrected chi connectivity index (χ2v) is 0. The van der Waals surface area contributed by atoms with Gasteiger partial charge in [-0.05, 0) is 0 Å².